The van der Waals surface area contributed by atoms with Crippen LogP contribution in [-0.4, -0.2) is 61.5 Å². The minimum Gasteiger partial charge on any atom is -0.386 e. The molecule has 1 N–H and O–H groups in total. The van der Waals surface area contributed by atoms with Crippen molar-refractivity contribution in [3.63, 3.8) is 0 Å². The number of nitrogens with zero attached hydrogens (tertiary/aromatic N) is 4. The number of nitrogens with one attached hydrogen (secondary N) is 1. The fourth-order valence-electron chi connectivity index (χ4n) is 4.83. The van der Waals surface area contributed by atoms with Crippen LogP contribution in [0.4, 0.5) is 5.69 Å². The van der Waals surface area contributed by atoms with Gasteiger partial charge in [0.2, 0.25) is 0 Å². The molecule has 2 aliphatic rings. The van der Waals surface area contributed by atoms with E-state index in [1.165, 1.54) is 11.1 Å². The molecule has 0 aromatic heterocycles. The van der Waals surface area contributed by atoms with Crippen LogP contribution in [0.15, 0.2) is 48.7 Å². The van der Waals surface area contributed by atoms with Crippen LogP contribution in [0.3, 0.4) is 0 Å². The van der Waals surface area contributed by atoms with Gasteiger partial charge in [-0.2, -0.15) is 5.26 Å². The van der Waals surface area contributed by atoms with Gasteiger partial charge in [-0.15, -0.1) is 0 Å². The van der Waals surface area contributed by atoms with Crippen molar-refractivity contribution < 1.29 is 4.79 Å². The summed E-state index contributed by atoms with van der Waals surface area (Å²) in [4.78, 5) is 19.9. The number of para-hydroxylation sites is 1. The number of hydrogen-bond donors (Lipinski definition) is 1. The summed E-state index contributed by atoms with van der Waals surface area (Å²) in [5.41, 5.74) is 6.92. The molecule has 0 saturated carbocycles. The Kier molecular flexibility index (Phi) is 7.00. The number of hydrogen-bond acceptors (Lipinski definition) is 5. The van der Waals surface area contributed by atoms with Crippen molar-refractivity contribution in [1.29, 1.82) is 5.26 Å². The number of aryl methyl sites for hydroxylation is 2. The van der Waals surface area contributed by atoms with Gasteiger partial charge in [0.05, 0.1) is 17.8 Å². The zero-order valence-corrected chi connectivity index (χ0v) is 19.7. The first-order valence-electron chi connectivity index (χ1n) is 11.7. The van der Waals surface area contributed by atoms with E-state index >= 15 is 0 Å². The van der Waals surface area contributed by atoms with Crippen LogP contribution < -0.4 is 10.2 Å². The fraction of sp³-hybridized carbons (Fsp3) is 0.407. The van der Waals surface area contributed by atoms with Crippen molar-refractivity contribution in [3.8, 4) is 6.07 Å². The number of carbonyl (C=O) groups excluding carboxylic acids is 1. The average molecular weight is 444 g/mol. The van der Waals surface area contributed by atoms with Crippen LogP contribution in [0, 0.1) is 25.2 Å². The number of anilines is 1. The van der Waals surface area contributed by atoms with Crippen LogP contribution >= 0.6 is 0 Å². The highest BCUT2D eigenvalue weighted by Gasteiger charge is 2.23. The highest BCUT2D eigenvalue weighted by Crippen LogP contribution is 2.24. The van der Waals surface area contributed by atoms with Gasteiger partial charge in [0, 0.05) is 57.1 Å². The van der Waals surface area contributed by atoms with Crippen LogP contribution in [0.2, 0.25) is 0 Å². The molecule has 2 saturated heterocycles. The second-order valence-electron chi connectivity index (χ2n) is 9.10. The van der Waals surface area contributed by atoms with Gasteiger partial charge in [0.25, 0.3) is 5.91 Å². The van der Waals surface area contributed by atoms with Crippen molar-refractivity contribution >= 4 is 11.6 Å². The molecule has 2 aliphatic heterocycles. The molecule has 2 fully saturated rings. The first kappa shape index (κ1) is 22.9. The van der Waals surface area contributed by atoms with E-state index < -0.39 is 0 Å². The Morgan fingerprint density at radius 1 is 1.09 bits per heavy atom. The Bertz CT molecular complexity index is 1090. The quantitative estimate of drug-likeness (QED) is 0.784. The highest BCUT2D eigenvalue weighted by atomic mass is 16.2. The summed E-state index contributed by atoms with van der Waals surface area (Å²) in [6, 6.07) is 14.4. The summed E-state index contributed by atoms with van der Waals surface area (Å²) in [5.74, 6) is 0.0894. The van der Waals surface area contributed by atoms with Crippen molar-refractivity contribution in [1.82, 2.24) is 15.1 Å². The zero-order chi connectivity index (χ0) is 23.4. The second kappa shape index (κ2) is 10.1. The molecule has 33 heavy (non-hydrogen) atoms. The number of nitriles is 1. The van der Waals surface area contributed by atoms with E-state index in [4.69, 9.17) is 0 Å². The molecule has 0 atom stereocenters. The maximum absolute atomic E-state index is 13.2. The zero-order valence-electron chi connectivity index (χ0n) is 19.7. The molecular formula is C27H33N5O. The van der Waals surface area contributed by atoms with Gasteiger partial charge in [-0.25, -0.2) is 0 Å². The van der Waals surface area contributed by atoms with Gasteiger partial charge in [-0.3, -0.25) is 9.69 Å². The first-order chi connectivity index (χ1) is 16.0. The monoisotopic (exact) mass is 443 g/mol. The molecule has 2 aromatic carbocycles. The summed E-state index contributed by atoms with van der Waals surface area (Å²) in [7, 11) is 0. The lowest BCUT2D eigenvalue weighted by molar-refractivity contribution is 0.0753. The lowest BCUT2D eigenvalue weighted by Crippen LogP contribution is -2.45. The minimum absolute atomic E-state index is 0.0894. The molecule has 2 heterocycles. The number of piperazine rings is 1. The van der Waals surface area contributed by atoms with Crippen LogP contribution in [-0.2, 0) is 6.54 Å². The lowest BCUT2D eigenvalue weighted by atomic mass is 9.98. The van der Waals surface area contributed by atoms with E-state index in [-0.39, 0.29) is 5.91 Å². The smallest absolute Gasteiger partial charge is 0.254 e. The van der Waals surface area contributed by atoms with Crippen LogP contribution in [0.25, 0.3) is 0 Å². The van der Waals surface area contributed by atoms with Crippen LogP contribution in [0.5, 0.6) is 0 Å². The Labute approximate surface area is 197 Å². The molecule has 0 aliphatic carbocycles. The second-order valence-corrected chi connectivity index (χ2v) is 9.10. The predicted molar refractivity (Wildman–Crippen MR) is 132 cm³/mol. The summed E-state index contributed by atoms with van der Waals surface area (Å²) in [5, 5.41) is 12.7. The van der Waals surface area contributed by atoms with Gasteiger partial charge < -0.3 is 15.1 Å². The third-order valence-electron chi connectivity index (χ3n) is 6.69. The number of rotatable bonds is 4. The van der Waals surface area contributed by atoms with Gasteiger partial charge >= 0.3 is 0 Å². The third kappa shape index (κ3) is 5.20. The van der Waals surface area contributed by atoms with Gasteiger partial charge in [0.15, 0.2) is 0 Å². The van der Waals surface area contributed by atoms with Gasteiger partial charge in [-0.05, 0) is 55.2 Å². The maximum atomic E-state index is 13.2. The Morgan fingerprint density at radius 3 is 2.70 bits per heavy atom. The molecule has 2 aromatic rings. The molecule has 0 bridgehead atoms. The molecular weight excluding hydrogens is 410 g/mol. The number of benzene rings is 2. The largest absolute Gasteiger partial charge is 0.386 e. The summed E-state index contributed by atoms with van der Waals surface area (Å²) in [6.45, 7) is 14.7. The molecule has 6 heteroatoms. The topological polar surface area (TPSA) is 62.6 Å². The predicted octanol–water partition coefficient (Wildman–Crippen LogP) is 3.45. The molecule has 0 spiro atoms. The normalized spacial score (nSPS) is 17.3. The molecule has 4 rings (SSSR count). The molecule has 0 unspecified atom stereocenters. The third-order valence-corrected chi connectivity index (χ3v) is 6.69. The van der Waals surface area contributed by atoms with Crippen molar-refractivity contribution in [2.45, 2.75) is 26.8 Å². The molecule has 6 nitrogen and oxygen atoms in total. The summed E-state index contributed by atoms with van der Waals surface area (Å²) < 4.78 is 0. The highest BCUT2D eigenvalue weighted by molar-refractivity contribution is 5.96. The Morgan fingerprint density at radius 2 is 1.91 bits per heavy atom. The number of carbonyl (C=O) groups is 1. The summed E-state index contributed by atoms with van der Waals surface area (Å²) >= 11 is 0. The Hall–Kier alpha value is -3.30. The number of amides is 1. The average Bonchev–Trinajstić information content (AvgIpc) is 3.06. The van der Waals surface area contributed by atoms with Crippen LogP contribution in [0.1, 0.15) is 39.0 Å². The minimum atomic E-state index is 0.0894. The summed E-state index contributed by atoms with van der Waals surface area (Å²) in [6.07, 6.45) is 1.04. The van der Waals surface area contributed by atoms with E-state index in [9.17, 15) is 10.1 Å². The first-order valence-corrected chi connectivity index (χ1v) is 11.7. The van der Waals surface area contributed by atoms with Gasteiger partial charge in [-0.1, -0.05) is 24.8 Å². The molecule has 172 valence electrons. The van der Waals surface area contributed by atoms with E-state index in [1.807, 2.05) is 36.1 Å². The standard InChI is InChI=1S/C27H33N5O/c1-20-15-21(2)25(27(33)32-12-9-29-22(3)18-32)16-24(20)19-30-10-6-11-31(14-13-30)26-8-5-4-7-23(26)17-28/h4-5,7-8,15-16,29H,3,6,9-14,18-19H2,1-2H3. The van der Waals surface area contributed by atoms with Crippen molar-refractivity contribution in [2.75, 3.05) is 50.7 Å². The van der Waals surface area contributed by atoms with E-state index in [2.05, 4.69) is 46.8 Å². The van der Waals surface area contributed by atoms with Gasteiger partial charge in [0.1, 0.15) is 6.07 Å². The Balaban J connectivity index is 1.47. The van der Waals surface area contributed by atoms with E-state index in [1.54, 1.807) is 0 Å². The maximum Gasteiger partial charge on any atom is 0.254 e. The molecule has 1 amide bonds. The fourth-order valence-corrected chi connectivity index (χ4v) is 4.83. The van der Waals surface area contributed by atoms with Crippen molar-refractivity contribution in [2.24, 2.45) is 0 Å². The molecule has 0 radical (unpaired) electrons. The SMILES string of the molecule is C=C1CN(C(=O)c2cc(CN3CCCN(c4ccccc4C#N)CC3)c(C)cc2C)CCN1. The van der Waals surface area contributed by atoms with E-state index in [0.717, 1.165) is 73.8 Å². The van der Waals surface area contributed by atoms with Crippen molar-refractivity contribution in [3.05, 3.63) is 76.5 Å². The van der Waals surface area contributed by atoms with E-state index in [0.29, 0.717) is 13.1 Å². The lowest BCUT2D eigenvalue weighted by Gasteiger charge is -2.30.